The van der Waals surface area contributed by atoms with E-state index in [0.29, 0.717) is 12.0 Å². The number of rotatable bonds is 3. The molecule has 2 rings (SSSR count). The second-order valence-corrected chi connectivity index (χ2v) is 6.61. The van der Waals surface area contributed by atoms with Gasteiger partial charge < -0.3 is 5.32 Å². The maximum absolute atomic E-state index is 3.76. The molecule has 0 aromatic heterocycles. The normalized spacial score (nSPS) is 23.6. The maximum atomic E-state index is 3.76. The van der Waals surface area contributed by atoms with Gasteiger partial charge in [0.15, 0.2) is 0 Å². The number of nitrogens with one attached hydrogen (secondary N) is 1. The highest BCUT2D eigenvalue weighted by Crippen LogP contribution is 2.36. The highest BCUT2D eigenvalue weighted by atomic mass is 32.2. The fourth-order valence-electron chi connectivity index (χ4n) is 2.97. The molecule has 1 aliphatic heterocycles. The van der Waals surface area contributed by atoms with E-state index in [2.05, 4.69) is 56.9 Å². The Hall–Kier alpha value is -0.470. The summed E-state index contributed by atoms with van der Waals surface area (Å²) in [7, 11) is 0. The van der Waals surface area contributed by atoms with E-state index >= 15 is 0 Å². The van der Waals surface area contributed by atoms with Crippen molar-refractivity contribution < 1.29 is 0 Å². The van der Waals surface area contributed by atoms with Crippen LogP contribution in [0.15, 0.2) is 12.1 Å². The van der Waals surface area contributed by atoms with Crippen molar-refractivity contribution in [2.24, 2.45) is 5.92 Å². The molecule has 1 aliphatic rings. The fraction of sp³-hybridized carbons (Fsp3) is 0.625. The molecular weight excluding hydrogens is 238 g/mol. The summed E-state index contributed by atoms with van der Waals surface area (Å²) in [4.78, 5) is 0. The predicted molar refractivity (Wildman–Crippen MR) is 82.3 cm³/mol. The number of hydrogen-bond acceptors (Lipinski definition) is 2. The summed E-state index contributed by atoms with van der Waals surface area (Å²) in [6, 6.07) is 5.26. The van der Waals surface area contributed by atoms with Crippen molar-refractivity contribution in [2.75, 3.05) is 12.3 Å². The third-order valence-corrected chi connectivity index (χ3v) is 5.03. The van der Waals surface area contributed by atoms with Crippen LogP contribution >= 0.6 is 11.8 Å². The molecule has 2 unspecified atom stereocenters. The topological polar surface area (TPSA) is 12.0 Å². The Bertz CT molecular complexity index is 414. The lowest BCUT2D eigenvalue weighted by Gasteiger charge is -2.26. The molecule has 0 amide bonds. The van der Waals surface area contributed by atoms with Gasteiger partial charge in [0.2, 0.25) is 0 Å². The molecule has 0 saturated carbocycles. The summed E-state index contributed by atoms with van der Waals surface area (Å²) in [6.45, 7) is 10.2. The molecule has 1 aromatic carbocycles. The number of hydrogen-bond donors (Lipinski definition) is 1. The first-order valence-electron chi connectivity index (χ1n) is 7.04. The van der Waals surface area contributed by atoms with Crippen LogP contribution in [0.2, 0.25) is 0 Å². The van der Waals surface area contributed by atoms with E-state index in [4.69, 9.17) is 0 Å². The van der Waals surface area contributed by atoms with Crippen molar-refractivity contribution in [1.82, 2.24) is 5.32 Å². The molecule has 1 aromatic rings. The highest BCUT2D eigenvalue weighted by molar-refractivity contribution is 7.98. The molecule has 1 nitrogen and oxygen atoms in total. The summed E-state index contributed by atoms with van der Waals surface area (Å²) >= 11 is 2.08. The lowest BCUT2D eigenvalue weighted by atomic mass is 9.88. The summed E-state index contributed by atoms with van der Waals surface area (Å²) < 4.78 is 0. The van der Waals surface area contributed by atoms with Crippen LogP contribution in [0.4, 0.5) is 0 Å². The first-order chi connectivity index (χ1) is 8.63. The minimum atomic E-state index is 0.538. The number of fused-ring (bicyclic) bond motifs is 1. The van der Waals surface area contributed by atoms with Crippen LogP contribution in [0.25, 0.3) is 0 Å². The van der Waals surface area contributed by atoms with E-state index < -0.39 is 0 Å². The number of aryl methyl sites for hydroxylation is 2. The van der Waals surface area contributed by atoms with Gasteiger partial charge >= 0.3 is 0 Å². The Morgan fingerprint density at radius 2 is 2.11 bits per heavy atom. The Morgan fingerprint density at radius 1 is 1.33 bits per heavy atom. The molecular formula is C16H25NS. The van der Waals surface area contributed by atoms with Gasteiger partial charge in [0.05, 0.1) is 0 Å². The summed E-state index contributed by atoms with van der Waals surface area (Å²) in [5.41, 5.74) is 5.99. The molecule has 0 fully saturated rings. The molecule has 0 bridgehead atoms. The Labute approximate surface area is 116 Å². The van der Waals surface area contributed by atoms with E-state index in [0.717, 1.165) is 6.54 Å². The van der Waals surface area contributed by atoms with Gasteiger partial charge in [-0.15, -0.1) is 0 Å². The van der Waals surface area contributed by atoms with Crippen molar-refractivity contribution in [2.45, 2.75) is 45.9 Å². The lowest BCUT2D eigenvalue weighted by Crippen LogP contribution is -2.29. The summed E-state index contributed by atoms with van der Waals surface area (Å²) in [5.74, 6) is 3.14. The van der Waals surface area contributed by atoms with Crippen LogP contribution in [-0.2, 0) is 5.75 Å². The quantitative estimate of drug-likeness (QED) is 0.876. The molecule has 100 valence electrons. The van der Waals surface area contributed by atoms with Gasteiger partial charge in [-0.1, -0.05) is 31.5 Å². The first-order valence-corrected chi connectivity index (χ1v) is 8.20. The SMILES string of the molecule is CCCNC1c2c(C)cc(C)cc2CSCC1C. The third-order valence-electron chi connectivity index (χ3n) is 3.75. The molecule has 0 aliphatic carbocycles. The Kier molecular flexibility index (Phi) is 4.74. The Balaban J connectivity index is 2.40. The second kappa shape index (κ2) is 6.12. The molecule has 1 N–H and O–H groups in total. The molecule has 2 heteroatoms. The van der Waals surface area contributed by atoms with Crippen molar-refractivity contribution >= 4 is 11.8 Å². The van der Waals surface area contributed by atoms with E-state index in [-0.39, 0.29) is 0 Å². The molecule has 1 heterocycles. The smallest absolute Gasteiger partial charge is 0.0359 e. The summed E-state index contributed by atoms with van der Waals surface area (Å²) in [5, 5.41) is 3.76. The van der Waals surface area contributed by atoms with Crippen LogP contribution in [0.5, 0.6) is 0 Å². The van der Waals surface area contributed by atoms with E-state index in [9.17, 15) is 0 Å². The van der Waals surface area contributed by atoms with E-state index in [1.54, 1.807) is 11.1 Å². The maximum Gasteiger partial charge on any atom is 0.0359 e. The first kappa shape index (κ1) is 14.0. The van der Waals surface area contributed by atoms with Crippen molar-refractivity contribution in [1.29, 1.82) is 0 Å². The average Bonchev–Trinajstić information content (AvgIpc) is 2.46. The van der Waals surface area contributed by atoms with Crippen molar-refractivity contribution in [3.8, 4) is 0 Å². The van der Waals surface area contributed by atoms with Crippen LogP contribution in [0.1, 0.15) is 48.6 Å². The van der Waals surface area contributed by atoms with Gasteiger partial charge in [-0.25, -0.2) is 0 Å². The van der Waals surface area contributed by atoms with Gasteiger partial charge in [-0.3, -0.25) is 0 Å². The van der Waals surface area contributed by atoms with Crippen LogP contribution in [0, 0.1) is 19.8 Å². The highest BCUT2D eigenvalue weighted by Gasteiger charge is 2.26. The summed E-state index contributed by atoms with van der Waals surface area (Å²) in [6.07, 6.45) is 1.20. The standard InChI is InChI=1S/C16H25NS/c1-5-6-17-16-13(4)9-18-10-14-8-11(2)7-12(3)15(14)16/h7-8,13,16-17H,5-6,9-10H2,1-4H3. The van der Waals surface area contributed by atoms with Crippen molar-refractivity contribution in [3.05, 3.63) is 34.4 Å². The zero-order valence-electron chi connectivity index (χ0n) is 12.0. The molecule has 18 heavy (non-hydrogen) atoms. The molecule has 0 radical (unpaired) electrons. The van der Waals surface area contributed by atoms with E-state index in [1.807, 2.05) is 0 Å². The fourth-order valence-corrected chi connectivity index (χ4v) is 4.11. The minimum absolute atomic E-state index is 0.538. The van der Waals surface area contributed by atoms with Gasteiger partial charge in [-0.2, -0.15) is 11.8 Å². The number of benzene rings is 1. The van der Waals surface area contributed by atoms with Gasteiger partial charge in [0.25, 0.3) is 0 Å². The largest absolute Gasteiger partial charge is 0.310 e. The van der Waals surface area contributed by atoms with E-state index in [1.165, 1.54) is 29.1 Å². The lowest BCUT2D eigenvalue weighted by molar-refractivity contribution is 0.417. The second-order valence-electron chi connectivity index (χ2n) is 5.58. The van der Waals surface area contributed by atoms with Gasteiger partial charge in [0, 0.05) is 11.8 Å². The average molecular weight is 263 g/mol. The predicted octanol–water partition coefficient (Wildman–Crippen LogP) is 4.23. The zero-order valence-corrected chi connectivity index (χ0v) is 12.9. The number of thioether (sulfide) groups is 1. The molecule has 0 spiro atoms. The van der Waals surface area contributed by atoms with Gasteiger partial charge in [0.1, 0.15) is 0 Å². The van der Waals surface area contributed by atoms with Crippen LogP contribution < -0.4 is 5.32 Å². The van der Waals surface area contributed by atoms with Crippen molar-refractivity contribution in [3.63, 3.8) is 0 Å². The van der Waals surface area contributed by atoms with Crippen LogP contribution in [0.3, 0.4) is 0 Å². The zero-order chi connectivity index (χ0) is 13.1. The molecule has 0 saturated heterocycles. The minimum Gasteiger partial charge on any atom is -0.310 e. The van der Waals surface area contributed by atoms with Crippen LogP contribution in [-0.4, -0.2) is 12.3 Å². The van der Waals surface area contributed by atoms with Gasteiger partial charge in [-0.05, 0) is 55.2 Å². The Morgan fingerprint density at radius 3 is 2.83 bits per heavy atom. The monoisotopic (exact) mass is 263 g/mol. The molecule has 2 atom stereocenters. The third kappa shape index (κ3) is 2.92.